The van der Waals surface area contributed by atoms with Crippen molar-refractivity contribution >= 4 is 76.1 Å². The lowest BCUT2D eigenvalue weighted by molar-refractivity contribution is -0.129. The molecule has 15 heteroatoms. The van der Waals surface area contributed by atoms with E-state index in [0.717, 1.165) is 28.1 Å². The van der Waals surface area contributed by atoms with E-state index in [2.05, 4.69) is 10.6 Å². The van der Waals surface area contributed by atoms with Crippen LogP contribution in [-0.2, 0) is 45.2 Å². The van der Waals surface area contributed by atoms with Gasteiger partial charge in [-0.05, 0) is 97.0 Å². The highest BCUT2D eigenvalue weighted by molar-refractivity contribution is 6.16. The number of anilines is 3. The lowest BCUT2D eigenvalue weighted by atomic mass is 9.99. The van der Waals surface area contributed by atoms with Crippen molar-refractivity contribution < 1.29 is 43.0 Å². The minimum atomic E-state index is -0.800. The van der Waals surface area contributed by atoms with Gasteiger partial charge in [-0.1, -0.05) is 50.2 Å². The second-order valence-electron chi connectivity index (χ2n) is 18.9. The van der Waals surface area contributed by atoms with Crippen LogP contribution >= 0.6 is 0 Å². The molecule has 370 valence electrons. The van der Waals surface area contributed by atoms with Gasteiger partial charge >= 0.3 is 0 Å². The monoisotopic (exact) mass is 970 g/mol. The van der Waals surface area contributed by atoms with Crippen LogP contribution < -0.4 is 34.6 Å². The number of unbranched alkanes of at least 4 members (excludes halogenated alkanes) is 1. The number of nitrogens with one attached hydrogen (secondary N) is 2. The summed E-state index contributed by atoms with van der Waals surface area (Å²) >= 11 is 0. The number of hydrogen-bond donors (Lipinski definition) is 2. The van der Waals surface area contributed by atoms with Crippen molar-refractivity contribution in [2.24, 2.45) is 15.9 Å². The number of ether oxygens (including phenoxy) is 3. The fraction of sp³-hybridized carbons (Fsp3) is 0.333. The molecule has 4 heterocycles. The number of aryl methyl sites for hydroxylation is 1. The summed E-state index contributed by atoms with van der Waals surface area (Å²) < 4.78 is 18.6. The molecule has 0 radical (unpaired) electrons. The maximum Gasteiger partial charge on any atom is 0.261 e. The van der Waals surface area contributed by atoms with Crippen molar-refractivity contribution in [2.75, 3.05) is 22.2 Å². The Kier molecular flexibility index (Phi) is 14.4. The molecular formula is C57H58N6O9. The zero-order valence-electron chi connectivity index (χ0n) is 41.2. The number of amides is 4. The Morgan fingerprint density at radius 2 is 1.26 bits per heavy atom. The van der Waals surface area contributed by atoms with Gasteiger partial charge in [0.2, 0.25) is 11.8 Å². The van der Waals surface area contributed by atoms with Crippen LogP contribution in [-0.4, -0.2) is 72.9 Å². The quantitative estimate of drug-likeness (QED) is 0.0761. The van der Waals surface area contributed by atoms with Crippen LogP contribution in [0.5, 0.6) is 17.2 Å². The summed E-state index contributed by atoms with van der Waals surface area (Å²) in [5, 5.41) is 5.71. The fourth-order valence-corrected chi connectivity index (χ4v) is 9.73. The number of carbonyl (C=O) groups excluding carboxylic acids is 6. The van der Waals surface area contributed by atoms with Crippen LogP contribution in [0.25, 0.3) is 0 Å². The maximum atomic E-state index is 14.1. The summed E-state index contributed by atoms with van der Waals surface area (Å²) in [4.78, 5) is 92.4. The summed E-state index contributed by atoms with van der Waals surface area (Å²) in [6, 6.07) is 26.9. The average molecular weight is 971 g/mol. The van der Waals surface area contributed by atoms with E-state index in [1.165, 1.54) is 7.11 Å². The molecule has 0 unspecified atom stereocenters. The molecule has 15 nitrogen and oxygen atoms in total. The SMILES string of the molecule is CCC(=O)CCCCC(=O)N[C@@H](C)C(=O)C[C@H](C)C(=O)Nc1cc(COc2cc3c(cc2C)C(=O)N2c4ccccc4C[C@H]2C=N3)cc(COc2cc3c(cc2OC)C(=O)N2c4ccccc4C[C@H]2C=N3)c1. The van der Waals surface area contributed by atoms with E-state index in [0.29, 0.717) is 95.1 Å². The third kappa shape index (κ3) is 10.4. The second-order valence-corrected chi connectivity index (χ2v) is 18.9. The zero-order chi connectivity index (χ0) is 50.6. The Hall–Kier alpha value is -7.94. The minimum absolute atomic E-state index is 0.0152. The van der Waals surface area contributed by atoms with Gasteiger partial charge in [0.25, 0.3) is 11.8 Å². The third-order valence-corrected chi connectivity index (χ3v) is 13.7. The highest BCUT2D eigenvalue weighted by Gasteiger charge is 2.38. The maximum absolute atomic E-state index is 14.1. The molecule has 5 aromatic carbocycles. The van der Waals surface area contributed by atoms with Gasteiger partial charge in [-0.2, -0.15) is 0 Å². The van der Waals surface area contributed by atoms with E-state index < -0.39 is 17.9 Å². The van der Waals surface area contributed by atoms with Crippen LogP contribution in [0, 0.1) is 12.8 Å². The molecule has 2 N–H and O–H groups in total. The molecule has 5 aromatic rings. The summed E-state index contributed by atoms with van der Waals surface area (Å²) in [5.74, 6) is -0.659. The Labute approximate surface area is 418 Å². The number of hydrogen-bond acceptors (Lipinski definition) is 11. The van der Waals surface area contributed by atoms with Gasteiger partial charge in [0.1, 0.15) is 24.7 Å². The van der Waals surface area contributed by atoms with Gasteiger partial charge in [0, 0.05) is 86.1 Å². The van der Waals surface area contributed by atoms with Crippen LogP contribution in [0.4, 0.5) is 28.4 Å². The van der Waals surface area contributed by atoms with Gasteiger partial charge in [-0.15, -0.1) is 0 Å². The smallest absolute Gasteiger partial charge is 0.261 e. The van der Waals surface area contributed by atoms with Gasteiger partial charge in [0.05, 0.1) is 47.7 Å². The molecule has 4 aliphatic rings. The number of benzene rings is 5. The molecule has 4 aliphatic heterocycles. The first kappa shape index (κ1) is 49.1. The standard InChI is InChI=1S/C57H58N6O9/c1-6-43(64)15-9-12-18-54(66)60-35(4)50(65)20-34(3)55(67)61-40-22-36(31-71-51-27-46-44(19-33(51)2)56(68)62-41(29-58-46)24-38-13-7-10-16-48(38)62)21-37(23-40)32-72-53-28-47-45(26-52(53)70-5)57(69)63-42(30-59-47)25-39-14-8-11-17-49(39)63/h7-8,10-11,13-14,16-17,19,21-23,26-30,34-35,41-42H,6,9,12,15,18,20,24-25,31-32H2,1-5H3,(H,60,66)(H,61,67)/t34-,35-,41-,42-/m0/s1. The van der Waals surface area contributed by atoms with E-state index in [1.807, 2.05) is 85.6 Å². The van der Waals surface area contributed by atoms with Crippen molar-refractivity contribution in [1.82, 2.24) is 5.32 Å². The molecular weight excluding hydrogens is 913 g/mol. The van der Waals surface area contributed by atoms with Crippen molar-refractivity contribution in [3.05, 3.63) is 130 Å². The van der Waals surface area contributed by atoms with Gasteiger partial charge in [0.15, 0.2) is 17.3 Å². The summed E-state index contributed by atoms with van der Waals surface area (Å²) in [7, 11) is 1.51. The van der Waals surface area contributed by atoms with Crippen molar-refractivity contribution in [2.45, 2.75) is 110 Å². The summed E-state index contributed by atoms with van der Waals surface area (Å²) in [6.07, 6.45) is 7.08. The Morgan fingerprint density at radius 3 is 1.86 bits per heavy atom. The second kappa shape index (κ2) is 21.2. The largest absolute Gasteiger partial charge is 0.493 e. The average Bonchev–Trinajstić information content (AvgIpc) is 3.87. The molecule has 0 bridgehead atoms. The molecule has 72 heavy (non-hydrogen) atoms. The Bertz CT molecular complexity index is 3050. The van der Waals surface area contributed by atoms with Gasteiger partial charge in [-0.3, -0.25) is 48.6 Å². The molecule has 0 aromatic heterocycles. The number of Topliss-reactive ketones (excluding diaryl/α,β-unsaturated/α-hetero) is 2. The first-order valence-electron chi connectivity index (χ1n) is 24.6. The number of methoxy groups -OCH3 is 1. The predicted octanol–water partition coefficient (Wildman–Crippen LogP) is 9.31. The number of ketones is 2. The molecule has 0 saturated heterocycles. The highest BCUT2D eigenvalue weighted by Crippen LogP contribution is 2.42. The van der Waals surface area contributed by atoms with E-state index in [9.17, 15) is 28.8 Å². The normalized spacial score (nSPS) is 16.7. The topological polar surface area (TPSA) is 185 Å². The minimum Gasteiger partial charge on any atom is -0.493 e. The summed E-state index contributed by atoms with van der Waals surface area (Å²) in [6.45, 7) is 7.03. The van der Waals surface area contributed by atoms with Crippen LogP contribution in [0.3, 0.4) is 0 Å². The number of fused-ring (bicyclic) bond motifs is 8. The highest BCUT2D eigenvalue weighted by atomic mass is 16.5. The van der Waals surface area contributed by atoms with E-state index >= 15 is 0 Å². The van der Waals surface area contributed by atoms with Crippen molar-refractivity contribution in [3.63, 3.8) is 0 Å². The number of aliphatic imine (C=N–C) groups is 2. The van der Waals surface area contributed by atoms with Crippen LogP contribution in [0.1, 0.15) is 108 Å². The van der Waals surface area contributed by atoms with Crippen molar-refractivity contribution in [3.8, 4) is 17.2 Å². The molecule has 0 fully saturated rings. The summed E-state index contributed by atoms with van der Waals surface area (Å²) in [5.41, 5.74) is 8.25. The Morgan fingerprint density at radius 1 is 0.708 bits per heavy atom. The molecule has 9 rings (SSSR count). The number of nitrogens with zero attached hydrogens (tertiary/aromatic N) is 4. The zero-order valence-corrected chi connectivity index (χ0v) is 41.2. The molecule has 0 spiro atoms. The Balaban J connectivity index is 0.924. The van der Waals surface area contributed by atoms with E-state index in [4.69, 9.17) is 24.2 Å². The lowest BCUT2D eigenvalue weighted by Crippen LogP contribution is -2.39. The van der Waals surface area contributed by atoms with Crippen LogP contribution in [0.15, 0.2) is 101 Å². The number of carbonyl (C=O) groups is 6. The molecule has 4 atom stereocenters. The third-order valence-electron chi connectivity index (χ3n) is 13.7. The number of rotatable bonds is 19. The van der Waals surface area contributed by atoms with Crippen LogP contribution in [0.2, 0.25) is 0 Å². The van der Waals surface area contributed by atoms with E-state index in [-0.39, 0.29) is 67.4 Å². The number of para-hydroxylation sites is 2. The first-order chi connectivity index (χ1) is 34.8. The van der Waals surface area contributed by atoms with Crippen molar-refractivity contribution in [1.29, 1.82) is 0 Å². The molecule has 0 aliphatic carbocycles. The van der Waals surface area contributed by atoms with E-state index in [1.54, 1.807) is 55.3 Å². The lowest BCUT2D eigenvalue weighted by Gasteiger charge is -2.22. The fourth-order valence-electron chi connectivity index (χ4n) is 9.73. The van der Waals surface area contributed by atoms with Gasteiger partial charge in [-0.25, -0.2) is 0 Å². The molecule has 4 amide bonds. The molecule has 0 saturated carbocycles. The predicted molar refractivity (Wildman–Crippen MR) is 276 cm³/mol. The first-order valence-corrected chi connectivity index (χ1v) is 24.6. The van der Waals surface area contributed by atoms with Gasteiger partial charge < -0.3 is 24.8 Å².